The molecule has 118 valence electrons. The first-order chi connectivity index (χ1) is 9.73. The van der Waals surface area contributed by atoms with Crippen molar-refractivity contribution in [2.75, 3.05) is 7.05 Å². The first kappa shape index (κ1) is 16.7. The Hall–Kier alpha value is -0.620. The summed E-state index contributed by atoms with van der Waals surface area (Å²) in [4.78, 5) is 0.324. The molecular formula is C15H23ClN2O2S. The molecule has 21 heavy (non-hydrogen) atoms. The summed E-state index contributed by atoms with van der Waals surface area (Å²) in [7, 11) is -1.82. The van der Waals surface area contributed by atoms with Crippen molar-refractivity contribution in [3.63, 3.8) is 0 Å². The van der Waals surface area contributed by atoms with Gasteiger partial charge in [0.05, 0.1) is 4.90 Å². The molecule has 4 nitrogen and oxygen atoms in total. The zero-order chi connectivity index (χ0) is 15.8. The lowest BCUT2D eigenvalue weighted by atomic mass is 10.1. The molecule has 0 heterocycles. The minimum absolute atomic E-state index is 0.144. The molecule has 1 aliphatic rings. The number of nitrogens with one attached hydrogen (secondary N) is 1. The quantitative estimate of drug-likeness (QED) is 0.872. The topological polar surface area (TPSA) is 49.4 Å². The lowest BCUT2D eigenvalue weighted by Gasteiger charge is -2.20. The van der Waals surface area contributed by atoms with Crippen LogP contribution in [0, 0.1) is 6.92 Å². The molecule has 1 aromatic carbocycles. The van der Waals surface area contributed by atoms with Crippen LogP contribution in [0.15, 0.2) is 17.0 Å². The highest BCUT2D eigenvalue weighted by Gasteiger charge is 2.36. The molecule has 1 aromatic rings. The summed E-state index contributed by atoms with van der Waals surface area (Å²) in [5.41, 5.74) is 1.71. The van der Waals surface area contributed by atoms with E-state index in [-0.39, 0.29) is 6.04 Å². The van der Waals surface area contributed by atoms with Crippen LogP contribution in [0.5, 0.6) is 0 Å². The van der Waals surface area contributed by atoms with Gasteiger partial charge >= 0.3 is 0 Å². The van der Waals surface area contributed by atoms with Crippen molar-refractivity contribution in [2.45, 2.75) is 57.1 Å². The van der Waals surface area contributed by atoms with Gasteiger partial charge in [-0.05, 0) is 43.0 Å². The highest BCUT2D eigenvalue weighted by Crippen LogP contribution is 2.33. The maximum absolute atomic E-state index is 12.7. The van der Waals surface area contributed by atoms with Crippen LogP contribution in [0.2, 0.25) is 5.02 Å². The van der Waals surface area contributed by atoms with Crippen LogP contribution >= 0.6 is 11.6 Å². The van der Waals surface area contributed by atoms with Gasteiger partial charge in [-0.25, -0.2) is 8.42 Å². The monoisotopic (exact) mass is 330 g/mol. The summed E-state index contributed by atoms with van der Waals surface area (Å²) in [6.07, 6.45) is 1.88. The summed E-state index contributed by atoms with van der Waals surface area (Å²) in [5.74, 6) is 0. The molecule has 0 radical (unpaired) electrons. The smallest absolute Gasteiger partial charge is 0.243 e. The Morgan fingerprint density at radius 1 is 1.38 bits per heavy atom. The summed E-state index contributed by atoms with van der Waals surface area (Å²) >= 11 is 6.13. The maximum Gasteiger partial charge on any atom is 0.243 e. The van der Waals surface area contributed by atoms with Gasteiger partial charge in [0.1, 0.15) is 0 Å². The third-order valence-electron chi connectivity index (χ3n) is 3.85. The van der Waals surface area contributed by atoms with Gasteiger partial charge in [-0.2, -0.15) is 4.31 Å². The molecule has 1 saturated carbocycles. The van der Waals surface area contributed by atoms with Crippen LogP contribution in [-0.4, -0.2) is 31.9 Å². The van der Waals surface area contributed by atoms with E-state index in [4.69, 9.17) is 11.6 Å². The van der Waals surface area contributed by atoms with E-state index in [0.29, 0.717) is 22.5 Å². The Morgan fingerprint density at radius 3 is 2.52 bits per heavy atom. The first-order valence-electron chi connectivity index (χ1n) is 7.24. The molecule has 6 heteroatoms. The molecule has 0 amide bonds. The molecule has 0 saturated heterocycles. The molecule has 0 aliphatic heterocycles. The first-order valence-corrected chi connectivity index (χ1v) is 9.05. The lowest BCUT2D eigenvalue weighted by Crippen LogP contribution is -2.30. The third kappa shape index (κ3) is 3.77. The van der Waals surface area contributed by atoms with Gasteiger partial charge in [0.15, 0.2) is 0 Å². The van der Waals surface area contributed by atoms with Crippen molar-refractivity contribution < 1.29 is 8.42 Å². The van der Waals surface area contributed by atoms with Crippen LogP contribution < -0.4 is 5.32 Å². The van der Waals surface area contributed by atoms with Gasteiger partial charge in [0.25, 0.3) is 0 Å². The van der Waals surface area contributed by atoms with Crippen LogP contribution in [0.4, 0.5) is 0 Å². The summed E-state index contributed by atoms with van der Waals surface area (Å²) in [6, 6.07) is 3.87. The molecule has 1 aliphatic carbocycles. The summed E-state index contributed by atoms with van der Waals surface area (Å²) in [5, 5.41) is 3.77. The van der Waals surface area contributed by atoms with E-state index in [9.17, 15) is 8.42 Å². The average Bonchev–Trinajstić information content (AvgIpc) is 3.22. The zero-order valence-electron chi connectivity index (χ0n) is 13.0. The van der Waals surface area contributed by atoms with Crippen molar-refractivity contribution in [1.29, 1.82) is 0 Å². The van der Waals surface area contributed by atoms with E-state index in [1.165, 1.54) is 4.31 Å². The largest absolute Gasteiger partial charge is 0.310 e. The Morgan fingerprint density at radius 2 is 2.00 bits per heavy atom. The number of nitrogens with zero attached hydrogens (tertiary/aromatic N) is 1. The maximum atomic E-state index is 12.7. The van der Waals surface area contributed by atoms with E-state index in [2.05, 4.69) is 19.2 Å². The number of halogens is 1. The number of hydrogen-bond donors (Lipinski definition) is 1. The zero-order valence-corrected chi connectivity index (χ0v) is 14.6. The molecule has 0 spiro atoms. The van der Waals surface area contributed by atoms with E-state index < -0.39 is 10.0 Å². The fraction of sp³-hybridized carbons (Fsp3) is 0.600. The number of sulfonamides is 1. The van der Waals surface area contributed by atoms with Gasteiger partial charge < -0.3 is 5.32 Å². The van der Waals surface area contributed by atoms with Gasteiger partial charge in [0.2, 0.25) is 10.0 Å². The second-order valence-electron chi connectivity index (χ2n) is 5.98. The molecular weight excluding hydrogens is 308 g/mol. The predicted molar refractivity (Wildman–Crippen MR) is 86.1 cm³/mol. The second-order valence-corrected chi connectivity index (χ2v) is 8.38. The standard InChI is InChI=1S/C15H23ClN2O2S/c1-10(2)17-9-12-7-13(16)8-15(11(12)3)21(19,20)18(4)14-5-6-14/h7-8,10,14,17H,5-6,9H2,1-4H3. The summed E-state index contributed by atoms with van der Waals surface area (Å²) < 4.78 is 26.9. The Labute approximate surface area is 132 Å². The number of hydrogen-bond acceptors (Lipinski definition) is 3. The van der Waals surface area contributed by atoms with Crippen molar-refractivity contribution in [2.24, 2.45) is 0 Å². The third-order valence-corrected chi connectivity index (χ3v) is 6.11. The van der Waals surface area contributed by atoms with Crippen molar-refractivity contribution >= 4 is 21.6 Å². The Kier molecular flexibility index (Phi) is 4.98. The number of benzene rings is 1. The normalized spacial score (nSPS) is 16.0. The van der Waals surface area contributed by atoms with Crippen molar-refractivity contribution in [3.05, 3.63) is 28.3 Å². The lowest BCUT2D eigenvalue weighted by molar-refractivity contribution is 0.463. The van der Waals surface area contributed by atoms with Crippen LogP contribution in [0.25, 0.3) is 0 Å². The Balaban J connectivity index is 2.39. The van der Waals surface area contributed by atoms with E-state index in [1.807, 2.05) is 13.0 Å². The van der Waals surface area contributed by atoms with E-state index >= 15 is 0 Å². The molecule has 0 atom stereocenters. The molecule has 1 N–H and O–H groups in total. The fourth-order valence-electron chi connectivity index (χ4n) is 2.26. The highest BCUT2D eigenvalue weighted by molar-refractivity contribution is 7.89. The highest BCUT2D eigenvalue weighted by atomic mass is 35.5. The number of rotatable bonds is 6. The van der Waals surface area contributed by atoms with Gasteiger partial charge in [-0.3, -0.25) is 0 Å². The summed E-state index contributed by atoms with van der Waals surface area (Å²) in [6.45, 7) is 6.57. The molecule has 1 fully saturated rings. The average molecular weight is 331 g/mol. The second kappa shape index (κ2) is 6.24. The minimum Gasteiger partial charge on any atom is -0.310 e. The van der Waals surface area contributed by atoms with Crippen molar-refractivity contribution in [1.82, 2.24) is 9.62 Å². The Bertz CT molecular complexity index is 625. The predicted octanol–water partition coefficient (Wildman–Crippen LogP) is 2.93. The van der Waals surface area contributed by atoms with Gasteiger partial charge in [-0.1, -0.05) is 25.4 Å². The van der Waals surface area contributed by atoms with E-state index in [1.54, 1.807) is 13.1 Å². The molecule has 0 unspecified atom stereocenters. The van der Waals surface area contributed by atoms with Crippen LogP contribution in [0.1, 0.15) is 37.8 Å². The van der Waals surface area contributed by atoms with Crippen molar-refractivity contribution in [3.8, 4) is 0 Å². The van der Waals surface area contributed by atoms with Crippen LogP contribution in [0.3, 0.4) is 0 Å². The SMILES string of the molecule is Cc1c(CNC(C)C)cc(Cl)cc1S(=O)(=O)N(C)C1CC1. The van der Waals surface area contributed by atoms with Gasteiger partial charge in [-0.15, -0.1) is 0 Å². The van der Waals surface area contributed by atoms with E-state index in [0.717, 1.165) is 24.0 Å². The fourth-order valence-corrected chi connectivity index (χ4v) is 4.28. The van der Waals surface area contributed by atoms with Crippen LogP contribution in [-0.2, 0) is 16.6 Å². The molecule has 0 bridgehead atoms. The minimum atomic E-state index is -3.47. The molecule has 2 rings (SSSR count). The molecule has 0 aromatic heterocycles. The van der Waals surface area contributed by atoms with Gasteiger partial charge in [0, 0.05) is 30.7 Å².